The molecule has 0 spiro atoms. The molecule has 5 nitrogen and oxygen atoms in total. The molecule has 1 unspecified atom stereocenters. The Kier molecular flexibility index (Phi) is 6.29. The van der Waals surface area contributed by atoms with Crippen molar-refractivity contribution in [2.24, 2.45) is 5.73 Å². The zero-order valence-electron chi connectivity index (χ0n) is 15.6. The number of Topliss-reactive ketones (excluding diaryl/α,β-unsaturated/α-hetero) is 1. The van der Waals surface area contributed by atoms with E-state index in [1.54, 1.807) is 36.4 Å². The number of hydrogen-bond donors (Lipinski definition) is 2. The molecule has 0 aliphatic carbocycles. The average molecular weight is 421 g/mol. The summed E-state index contributed by atoms with van der Waals surface area (Å²) in [7, 11) is 0. The molecule has 7 heteroatoms. The molecule has 0 bridgehead atoms. The number of rotatable bonds is 5. The van der Waals surface area contributed by atoms with Gasteiger partial charge in [0.25, 0.3) is 0 Å². The van der Waals surface area contributed by atoms with Crippen molar-refractivity contribution >= 4 is 29.1 Å². The highest BCUT2D eigenvalue weighted by Crippen LogP contribution is 2.41. The van der Waals surface area contributed by atoms with Gasteiger partial charge in [-0.25, -0.2) is 0 Å². The Balaban J connectivity index is 1.94. The molecule has 0 saturated heterocycles. The van der Waals surface area contributed by atoms with Gasteiger partial charge in [0.1, 0.15) is 5.82 Å². The summed E-state index contributed by atoms with van der Waals surface area (Å²) in [4.78, 5) is 12.5. The molecule has 0 aromatic heterocycles. The van der Waals surface area contributed by atoms with Crippen LogP contribution in [0.1, 0.15) is 27.4 Å². The maximum atomic E-state index is 12.5. The summed E-state index contributed by atoms with van der Waals surface area (Å²) in [6.07, 6.45) is 0. The molecule has 144 valence electrons. The SMILES string of the molecule is Cc1ccc(C(=O)CSC2=C(C#N)C(c3ccccc3Cl)C(C#N)=C(N)N2)cc1. The van der Waals surface area contributed by atoms with Crippen LogP contribution >= 0.6 is 23.4 Å². The molecular weight excluding hydrogens is 404 g/mol. The van der Waals surface area contributed by atoms with E-state index < -0.39 is 5.92 Å². The van der Waals surface area contributed by atoms with Crippen LogP contribution in [0.3, 0.4) is 0 Å². The molecule has 29 heavy (non-hydrogen) atoms. The third kappa shape index (κ3) is 4.30. The standard InChI is InChI=1S/C22H17ClN4OS/c1-13-6-8-14(9-7-13)19(28)12-29-22-17(11-25)20(16(10-24)21(26)27-22)15-4-2-3-5-18(15)23/h2-9,20,27H,12,26H2,1H3. The maximum Gasteiger partial charge on any atom is 0.173 e. The van der Waals surface area contributed by atoms with Crippen molar-refractivity contribution in [2.75, 3.05) is 5.75 Å². The van der Waals surface area contributed by atoms with Crippen LogP contribution < -0.4 is 11.1 Å². The van der Waals surface area contributed by atoms with Crippen LogP contribution in [0, 0.1) is 29.6 Å². The number of hydrogen-bond acceptors (Lipinski definition) is 6. The van der Waals surface area contributed by atoms with Crippen molar-refractivity contribution in [3.05, 3.63) is 92.2 Å². The Morgan fingerprint density at radius 3 is 2.41 bits per heavy atom. The van der Waals surface area contributed by atoms with Crippen LogP contribution in [0.25, 0.3) is 0 Å². The number of halogens is 1. The van der Waals surface area contributed by atoms with Gasteiger partial charge in [-0.2, -0.15) is 10.5 Å². The van der Waals surface area contributed by atoms with Gasteiger partial charge in [-0.1, -0.05) is 71.4 Å². The normalized spacial score (nSPS) is 16.1. The summed E-state index contributed by atoms with van der Waals surface area (Å²) in [5.74, 6) is -0.468. The third-order valence-electron chi connectivity index (χ3n) is 4.54. The Hall–Kier alpha value is -3.19. The first-order valence-corrected chi connectivity index (χ1v) is 10.1. The van der Waals surface area contributed by atoms with Gasteiger partial charge in [-0.3, -0.25) is 4.79 Å². The van der Waals surface area contributed by atoms with Crippen LogP contribution in [-0.4, -0.2) is 11.5 Å². The van der Waals surface area contributed by atoms with E-state index in [1.807, 2.05) is 19.1 Å². The van der Waals surface area contributed by atoms with Crippen LogP contribution in [0.4, 0.5) is 0 Å². The van der Waals surface area contributed by atoms with Crippen molar-refractivity contribution < 1.29 is 4.79 Å². The number of nitrogens with two attached hydrogens (primary N) is 1. The van der Waals surface area contributed by atoms with Crippen LogP contribution in [0.5, 0.6) is 0 Å². The van der Waals surface area contributed by atoms with Crippen molar-refractivity contribution in [1.29, 1.82) is 10.5 Å². The van der Waals surface area contributed by atoms with E-state index in [2.05, 4.69) is 17.5 Å². The molecule has 0 radical (unpaired) electrons. The van der Waals surface area contributed by atoms with E-state index in [9.17, 15) is 15.3 Å². The minimum absolute atomic E-state index is 0.0653. The van der Waals surface area contributed by atoms with E-state index >= 15 is 0 Å². The van der Waals surface area contributed by atoms with Crippen molar-refractivity contribution in [1.82, 2.24) is 5.32 Å². The number of aryl methyl sites for hydroxylation is 1. The molecule has 1 aliphatic heterocycles. The number of thioether (sulfide) groups is 1. The summed E-state index contributed by atoms with van der Waals surface area (Å²) < 4.78 is 0. The second-order valence-corrected chi connectivity index (χ2v) is 7.84. The quantitative estimate of drug-likeness (QED) is 0.695. The van der Waals surface area contributed by atoms with Gasteiger partial charge >= 0.3 is 0 Å². The van der Waals surface area contributed by atoms with Gasteiger partial charge in [0.15, 0.2) is 5.78 Å². The number of dihydropyridines is 1. The highest BCUT2D eigenvalue weighted by atomic mass is 35.5. The number of carbonyl (C=O) groups is 1. The lowest BCUT2D eigenvalue weighted by atomic mass is 9.84. The number of benzene rings is 2. The van der Waals surface area contributed by atoms with Gasteiger partial charge in [-0.05, 0) is 18.6 Å². The zero-order valence-corrected chi connectivity index (χ0v) is 17.1. The fraction of sp³-hybridized carbons (Fsp3) is 0.136. The molecule has 1 heterocycles. The van der Waals surface area contributed by atoms with Gasteiger partial charge < -0.3 is 11.1 Å². The number of allylic oxidation sites excluding steroid dienone is 2. The summed E-state index contributed by atoms with van der Waals surface area (Å²) in [5, 5.41) is 23.2. The highest BCUT2D eigenvalue weighted by molar-refractivity contribution is 8.03. The predicted octanol–water partition coefficient (Wildman–Crippen LogP) is 4.38. The molecule has 2 aromatic carbocycles. The lowest BCUT2D eigenvalue weighted by molar-refractivity contribution is 0.102. The van der Waals surface area contributed by atoms with Gasteiger partial charge in [0, 0.05) is 10.6 Å². The minimum Gasteiger partial charge on any atom is -0.384 e. The summed E-state index contributed by atoms with van der Waals surface area (Å²) in [5.41, 5.74) is 8.90. The first-order valence-electron chi connectivity index (χ1n) is 8.74. The lowest BCUT2D eigenvalue weighted by Gasteiger charge is -2.27. The number of nitriles is 2. The number of nitrogens with one attached hydrogen (secondary N) is 1. The van der Waals surface area contributed by atoms with Crippen LogP contribution in [-0.2, 0) is 0 Å². The van der Waals surface area contributed by atoms with Gasteiger partial charge in [-0.15, -0.1) is 0 Å². The van der Waals surface area contributed by atoms with Crippen LogP contribution in [0.15, 0.2) is 70.5 Å². The number of ketones is 1. The minimum atomic E-state index is -0.683. The fourth-order valence-electron chi connectivity index (χ4n) is 3.02. The fourth-order valence-corrected chi connectivity index (χ4v) is 4.21. The molecule has 1 aliphatic rings. The predicted molar refractivity (Wildman–Crippen MR) is 115 cm³/mol. The van der Waals surface area contributed by atoms with Crippen molar-refractivity contribution in [3.63, 3.8) is 0 Å². The van der Waals surface area contributed by atoms with E-state index in [1.165, 1.54) is 11.8 Å². The number of carbonyl (C=O) groups excluding carboxylic acids is 1. The molecule has 2 aromatic rings. The van der Waals surface area contributed by atoms with Crippen molar-refractivity contribution in [2.45, 2.75) is 12.8 Å². The molecular formula is C22H17ClN4OS. The summed E-state index contributed by atoms with van der Waals surface area (Å²) in [6, 6.07) is 18.6. The van der Waals surface area contributed by atoms with E-state index in [-0.39, 0.29) is 22.9 Å². The Morgan fingerprint density at radius 2 is 1.79 bits per heavy atom. The van der Waals surface area contributed by atoms with Gasteiger partial charge in [0.2, 0.25) is 0 Å². The smallest absolute Gasteiger partial charge is 0.173 e. The van der Waals surface area contributed by atoms with E-state index in [0.29, 0.717) is 26.8 Å². The van der Waals surface area contributed by atoms with Gasteiger partial charge in [0.05, 0.1) is 40.0 Å². The maximum absolute atomic E-state index is 12.5. The Labute approximate surface area is 178 Å². The molecule has 1 atom stereocenters. The third-order valence-corrected chi connectivity index (χ3v) is 5.90. The molecule has 0 amide bonds. The molecule has 3 rings (SSSR count). The Morgan fingerprint density at radius 1 is 1.14 bits per heavy atom. The lowest BCUT2D eigenvalue weighted by Crippen LogP contribution is -2.30. The first kappa shape index (κ1) is 20.5. The summed E-state index contributed by atoms with van der Waals surface area (Å²) in [6.45, 7) is 1.95. The number of nitrogens with zero attached hydrogens (tertiary/aromatic N) is 2. The van der Waals surface area contributed by atoms with E-state index in [4.69, 9.17) is 17.3 Å². The highest BCUT2D eigenvalue weighted by Gasteiger charge is 2.33. The van der Waals surface area contributed by atoms with Crippen LogP contribution in [0.2, 0.25) is 5.02 Å². The molecule has 0 saturated carbocycles. The Bertz CT molecular complexity index is 1110. The first-order chi connectivity index (χ1) is 14.0. The average Bonchev–Trinajstić information content (AvgIpc) is 2.72. The van der Waals surface area contributed by atoms with E-state index in [0.717, 1.165) is 5.56 Å². The monoisotopic (exact) mass is 420 g/mol. The molecule has 0 fully saturated rings. The summed E-state index contributed by atoms with van der Waals surface area (Å²) >= 11 is 7.52. The van der Waals surface area contributed by atoms with Crippen molar-refractivity contribution in [3.8, 4) is 12.1 Å². The molecule has 3 N–H and O–H groups in total. The second-order valence-electron chi connectivity index (χ2n) is 6.45. The largest absolute Gasteiger partial charge is 0.384 e. The zero-order chi connectivity index (χ0) is 21.0. The second kappa shape index (κ2) is 8.87. The topological polar surface area (TPSA) is 103 Å².